The Morgan fingerprint density at radius 3 is 3.55 bits per heavy atom. The minimum Gasteiger partial charge on any atom is -0.406 e. The van der Waals surface area contributed by atoms with Crippen molar-refractivity contribution in [1.82, 2.24) is 10.5 Å². The van der Waals surface area contributed by atoms with E-state index in [0.29, 0.717) is 0 Å². The van der Waals surface area contributed by atoms with Crippen molar-refractivity contribution in [2.75, 3.05) is 6.54 Å². The molecular weight excluding hydrogens is 140 g/mol. The van der Waals surface area contributed by atoms with Gasteiger partial charge in [-0.15, -0.1) is 0 Å². The summed E-state index contributed by atoms with van der Waals surface area (Å²) in [4.78, 5) is 9.30. The maximum absolute atomic E-state index is 5.17. The van der Waals surface area contributed by atoms with Crippen LogP contribution in [0.4, 0.5) is 0 Å². The average molecular weight is 148 g/mol. The summed E-state index contributed by atoms with van der Waals surface area (Å²) in [6.45, 7) is 0.719. The van der Waals surface area contributed by atoms with Crippen LogP contribution in [0.3, 0.4) is 0 Å². The summed E-state index contributed by atoms with van der Waals surface area (Å²) in [5, 5.41) is 0. The predicted octanol–water partition coefficient (Wildman–Crippen LogP) is 0.992. The molecule has 1 aliphatic heterocycles. The van der Waals surface area contributed by atoms with E-state index in [4.69, 9.17) is 4.84 Å². The number of hydrogen-bond donors (Lipinski definition) is 1. The standard InChI is InChI=1S/C8H8N2O/c1-3-7-8(11-10-6-1)4-2-5-9-7/h1-5,10H,6H2. The van der Waals surface area contributed by atoms with Crippen LogP contribution in [0.5, 0.6) is 5.75 Å². The van der Waals surface area contributed by atoms with Gasteiger partial charge in [-0.25, -0.2) is 0 Å². The van der Waals surface area contributed by atoms with Gasteiger partial charge in [0.1, 0.15) is 5.69 Å². The zero-order valence-electron chi connectivity index (χ0n) is 5.95. The average Bonchev–Trinajstić information content (AvgIpc) is 2.28. The van der Waals surface area contributed by atoms with E-state index >= 15 is 0 Å². The molecule has 0 bridgehead atoms. The van der Waals surface area contributed by atoms with Gasteiger partial charge in [0, 0.05) is 6.20 Å². The molecule has 1 aromatic heterocycles. The van der Waals surface area contributed by atoms with Gasteiger partial charge in [-0.2, -0.15) is 5.48 Å². The minimum absolute atomic E-state index is 0.719. The Kier molecular flexibility index (Phi) is 1.57. The number of aromatic nitrogens is 1. The highest BCUT2D eigenvalue weighted by atomic mass is 16.6. The van der Waals surface area contributed by atoms with Crippen molar-refractivity contribution in [2.45, 2.75) is 0 Å². The highest BCUT2D eigenvalue weighted by Gasteiger charge is 2.02. The van der Waals surface area contributed by atoms with E-state index in [-0.39, 0.29) is 0 Å². The first-order chi connectivity index (χ1) is 5.47. The SMILES string of the molecule is C1=Cc2ncccc2ONC1. The molecule has 0 radical (unpaired) electrons. The fourth-order valence-electron chi connectivity index (χ4n) is 0.952. The van der Waals surface area contributed by atoms with Crippen molar-refractivity contribution in [2.24, 2.45) is 0 Å². The van der Waals surface area contributed by atoms with Gasteiger partial charge in [-0.05, 0) is 18.2 Å². The molecule has 3 heteroatoms. The van der Waals surface area contributed by atoms with Gasteiger partial charge in [0.25, 0.3) is 0 Å². The zero-order valence-corrected chi connectivity index (χ0v) is 5.95. The third-order valence-electron chi connectivity index (χ3n) is 1.46. The van der Waals surface area contributed by atoms with Crippen LogP contribution in [0, 0.1) is 0 Å². The normalized spacial score (nSPS) is 14.9. The molecule has 0 fully saturated rings. The molecule has 1 N–H and O–H groups in total. The van der Waals surface area contributed by atoms with Gasteiger partial charge < -0.3 is 4.84 Å². The molecule has 0 aromatic carbocycles. The van der Waals surface area contributed by atoms with Gasteiger partial charge in [0.05, 0.1) is 6.54 Å². The van der Waals surface area contributed by atoms with E-state index in [9.17, 15) is 0 Å². The van der Waals surface area contributed by atoms with Crippen molar-refractivity contribution >= 4 is 6.08 Å². The summed E-state index contributed by atoms with van der Waals surface area (Å²) in [5.74, 6) is 0.779. The molecule has 11 heavy (non-hydrogen) atoms. The summed E-state index contributed by atoms with van der Waals surface area (Å²) in [7, 11) is 0. The van der Waals surface area contributed by atoms with Crippen LogP contribution in [0.2, 0.25) is 0 Å². The van der Waals surface area contributed by atoms with Crippen LogP contribution in [0.15, 0.2) is 24.4 Å². The first-order valence-corrected chi connectivity index (χ1v) is 3.48. The zero-order chi connectivity index (χ0) is 7.52. The second-order valence-electron chi connectivity index (χ2n) is 2.24. The van der Waals surface area contributed by atoms with Crippen molar-refractivity contribution in [3.63, 3.8) is 0 Å². The van der Waals surface area contributed by atoms with E-state index < -0.39 is 0 Å². The highest BCUT2D eigenvalue weighted by molar-refractivity contribution is 5.53. The summed E-state index contributed by atoms with van der Waals surface area (Å²) in [6.07, 6.45) is 5.66. The lowest BCUT2D eigenvalue weighted by Crippen LogP contribution is -2.17. The fraction of sp³-hybridized carbons (Fsp3) is 0.125. The molecule has 0 saturated carbocycles. The number of hydroxylamine groups is 1. The van der Waals surface area contributed by atoms with Crippen molar-refractivity contribution in [3.05, 3.63) is 30.1 Å². The van der Waals surface area contributed by atoms with E-state index in [1.54, 1.807) is 6.20 Å². The Hall–Kier alpha value is -1.35. The van der Waals surface area contributed by atoms with Crippen molar-refractivity contribution in [3.8, 4) is 5.75 Å². The number of fused-ring (bicyclic) bond motifs is 1. The third kappa shape index (κ3) is 1.23. The number of pyridine rings is 1. The lowest BCUT2D eigenvalue weighted by atomic mass is 10.3. The minimum atomic E-state index is 0.719. The van der Waals surface area contributed by atoms with Gasteiger partial charge >= 0.3 is 0 Å². The smallest absolute Gasteiger partial charge is 0.172 e. The number of nitrogens with zero attached hydrogens (tertiary/aromatic N) is 1. The maximum atomic E-state index is 5.17. The van der Waals surface area contributed by atoms with Gasteiger partial charge in [-0.3, -0.25) is 4.98 Å². The monoisotopic (exact) mass is 148 g/mol. The number of nitrogens with one attached hydrogen (secondary N) is 1. The number of rotatable bonds is 0. The van der Waals surface area contributed by atoms with Crippen LogP contribution in [-0.2, 0) is 0 Å². The molecule has 0 amide bonds. The topological polar surface area (TPSA) is 34.1 Å². The lowest BCUT2D eigenvalue weighted by molar-refractivity contribution is 0.209. The van der Waals surface area contributed by atoms with E-state index in [1.807, 2.05) is 24.3 Å². The molecule has 3 nitrogen and oxygen atoms in total. The Bertz CT molecular complexity index is 283. The quantitative estimate of drug-likeness (QED) is 0.595. The molecule has 0 unspecified atom stereocenters. The predicted molar refractivity (Wildman–Crippen MR) is 41.9 cm³/mol. The second-order valence-corrected chi connectivity index (χ2v) is 2.24. The maximum Gasteiger partial charge on any atom is 0.172 e. The first kappa shape index (κ1) is 6.37. The molecule has 2 rings (SSSR count). The molecule has 2 heterocycles. The van der Waals surface area contributed by atoms with Crippen LogP contribution in [0.25, 0.3) is 6.08 Å². The Balaban J connectivity index is 2.45. The summed E-state index contributed by atoms with van der Waals surface area (Å²) >= 11 is 0. The van der Waals surface area contributed by atoms with E-state index in [2.05, 4.69) is 10.5 Å². The van der Waals surface area contributed by atoms with Gasteiger partial charge in [0.2, 0.25) is 0 Å². The summed E-state index contributed by atoms with van der Waals surface area (Å²) in [6, 6.07) is 3.73. The summed E-state index contributed by atoms with van der Waals surface area (Å²) in [5.41, 5.74) is 3.65. The van der Waals surface area contributed by atoms with Crippen LogP contribution >= 0.6 is 0 Å². The molecular formula is C8H8N2O. The number of hydrogen-bond acceptors (Lipinski definition) is 3. The van der Waals surface area contributed by atoms with Crippen molar-refractivity contribution < 1.29 is 4.84 Å². The first-order valence-electron chi connectivity index (χ1n) is 3.48. The molecule has 0 atom stereocenters. The van der Waals surface area contributed by atoms with Gasteiger partial charge in [0.15, 0.2) is 5.75 Å². The van der Waals surface area contributed by atoms with Crippen LogP contribution in [-0.4, -0.2) is 11.5 Å². The molecule has 0 spiro atoms. The van der Waals surface area contributed by atoms with Gasteiger partial charge in [-0.1, -0.05) is 6.08 Å². The lowest BCUT2D eigenvalue weighted by Gasteiger charge is -2.02. The van der Waals surface area contributed by atoms with Crippen LogP contribution < -0.4 is 10.3 Å². The molecule has 0 aliphatic carbocycles. The molecule has 0 saturated heterocycles. The Labute approximate surface area is 64.7 Å². The molecule has 56 valence electrons. The fourth-order valence-corrected chi connectivity index (χ4v) is 0.952. The second kappa shape index (κ2) is 2.72. The summed E-state index contributed by atoms with van der Waals surface area (Å²) < 4.78 is 0. The third-order valence-corrected chi connectivity index (χ3v) is 1.46. The molecule has 1 aromatic rings. The van der Waals surface area contributed by atoms with Crippen LogP contribution in [0.1, 0.15) is 5.69 Å². The Morgan fingerprint density at radius 1 is 1.55 bits per heavy atom. The highest BCUT2D eigenvalue weighted by Crippen LogP contribution is 2.16. The Morgan fingerprint density at radius 2 is 2.55 bits per heavy atom. The molecule has 1 aliphatic rings. The van der Waals surface area contributed by atoms with Crippen molar-refractivity contribution in [1.29, 1.82) is 0 Å². The van der Waals surface area contributed by atoms with E-state index in [1.165, 1.54) is 0 Å². The largest absolute Gasteiger partial charge is 0.406 e. The van der Waals surface area contributed by atoms with E-state index in [0.717, 1.165) is 18.0 Å².